The minimum atomic E-state index is 0.720. The average molecular weight is 274 g/mol. The fraction of sp³-hybridized carbons (Fsp3) is 0.750. The molecule has 0 aromatic carbocycles. The van der Waals surface area contributed by atoms with Crippen molar-refractivity contribution in [3.8, 4) is 0 Å². The lowest BCUT2D eigenvalue weighted by molar-refractivity contribution is 0.360. The summed E-state index contributed by atoms with van der Waals surface area (Å²) >= 11 is 0. The van der Waals surface area contributed by atoms with Gasteiger partial charge >= 0.3 is 0 Å². The van der Waals surface area contributed by atoms with E-state index in [1.165, 1.54) is 32.1 Å². The lowest BCUT2D eigenvalue weighted by atomic mass is 9.92. The highest BCUT2D eigenvalue weighted by Gasteiger charge is 2.35. The van der Waals surface area contributed by atoms with Crippen molar-refractivity contribution in [3.05, 3.63) is 11.9 Å². The Bertz CT molecular complexity index is 460. The van der Waals surface area contributed by atoms with Gasteiger partial charge in [0.1, 0.15) is 17.5 Å². The molecule has 1 saturated heterocycles. The first-order valence-electron chi connectivity index (χ1n) is 8.20. The zero-order valence-corrected chi connectivity index (χ0v) is 12.7. The molecule has 0 amide bonds. The number of hydrogen-bond acceptors (Lipinski definition) is 4. The van der Waals surface area contributed by atoms with Gasteiger partial charge in [-0.3, -0.25) is 0 Å². The molecule has 2 fully saturated rings. The molecule has 0 bridgehead atoms. The van der Waals surface area contributed by atoms with Crippen molar-refractivity contribution in [3.63, 3.8) is 0 Å². The van der Waals surface area contributed by atoms with Crippen LogP contribution in [-0.4, -0.2) is 29.1 Å². The van der Waals surface area contributed by atoms with Crippen LogP contribution in [0.25, 0.3) is 0 Å². The molecule has 1 saturated carbocycles. The standard InChI is InChI=1S/C16H26N4/c1-3-14-18-15(17-4-2)11-16(19-14)20-10-6-8-12-7-5-9-13(12)20/h11-13H,3-10H2,1-2H3,(H,17,18,19). The fourth-order valence-electron chi connectivity index (χ4n) is 3.80. The van der Waals surface area contributed by atoms with Gasteiger partial charge in [0, 0.05) is 31.6 Å². The van der Waals surface area contributed by atoms with Crippen LogP contribution in [0.4, 0.5) is 11.6 Å². The second-order valence-corrected chi connectivity index (χ2v) is 6.01. The van der Waals surface area contributed by atoms with Crippen molar-refractivity contribution in [2.75, 3.05) is 23.3 Å². The molecule has 2 aliphatic rings. The van der Waals surface area contributed by atoms with Gasteiger partial charge in [-0.05, 0) is 38.5 Å². The number of nitrogens with one attached hydrogen (secondary N) is 1. The van der Waals surface area contributed by atoms with E-state index in [2.05, 4.69) is 35.1 Å². The molecule has 2 unspecified atom stereocenters. The SMILES string of the molecule is CCNc1cc(N2CCCC3CCCC32)nc(CC)n1. The van der Waals surface area contributed by atoms with E-state index in [9.17, 15) is 0 Å². The number of hydrogen-bond donors (Lipinski definition) is 1. The van der Waals surface area contributed by atoms with Gasteiger partial charge in [0.15, 0.2) is 0 Å². The van der Waals surface area contributed by atoms with E-state index in [-0.39, 0.29) is 0 Å². The lowest BCUT2D eigenvalue weighted by Crippen LogP contribution is -2.43. The maximum absolute atomic E-state index is 4.79. The number of nitrogens with zero attached hydrogens (tertiary/aromatic N) is 3. The normalized spacial score (nSPS) is 25.6. The molecule has 0 spiro atoms. The zero-order valence-electron chi connectivity index (χ0n) is 12.7. The molecule has 2 atom stereocenters. The van der Waals surface area contributed by atoms with E-state index in [0.717, 1.165) is 48.9 Å². The number of aromatic nitrogens is 2. The molecule has 20 heavy (non-hydrogen) atoms. The summed E-state index contributed by atoms with van der Waals surface area (Å²) in [6.45, 7) is 6.31. The molecule has 1 aliphatic heterocycles. The molecule has 3 rings (SSSR count). The van der Waals surface area contributed by atoms with E-state index in [1.807, 2.05) is 0 Å². The molecule has 1 N–H and O–H groups in total. The predicted octanol–water partition coefficient (Wildman–Crippen LogP) is 3.24. The van der Waals surface area contributed by atoms with Crippen molar-refractivity contribution >= 4 is 11.6 Å². The summed E-state index contributed by atoms with van der Waals surface area (Å²) in [7, 11) is 0. The van der Waals surface area contributed by atoms with Gasteiger partial charge in [-0.1, -0.05) is 13.3 Å². The number of piperidine rings is 1. The van der Waals surface area contributed by atoms with E-state index < -0.39 is 0 Å². The Morgan fingerprint density at radius 1 is 1.20 bits per heavy atom. The first-order valence-corrected chi connectivity index (χ1v) is 8.20. The monoisotopic (exact) mass is 274 g/mol. The van der Waals surface area contributed by atoms with Crippen LogP contribution in [0.15, 0.2) is 6.07 Å². The van der Waals surface area contributed by atoms with E-state index in [0.29, 0.717) is 0 Å². The van der Waals surface area contributed by atoms with Gasteiger partial charge < -0.3 is 10.2 Å². The summed E-state index contributed by atoms with van der Waals surface area (Å²) in [4.78, 5) is 11.9. The van der Waals surface area contributed by atoms with Crippen LogP contribution >= 0.6 is 0 Å². The van der Waals surface area contributed by atoms with Crippen LogP contribution in [0.1, 0.15) is 51.8 Å². The van der Waals surface area contributed by atoms with E-state index >= 15 is 0 Å². The van der Waals surface area contributed by atoms with Gasteiger partial charge in [-0.15, -0.1) is 0 Å². The Morgan fingerprint density at radius 3 is 2.85 bits per heavy atom. The van der Waals surface area contributed by atoms with Crippen molar-refractivity contribution in [2.45, 2.75) is 58.4 Å². The third-order valence-corrected chi connectivity index (χ3v) is 4.72. The molecule has 1 aromatic heterocycles. The minimum Gasteiger partial charge on any atom is -0.370 e. The molecular weight excluding hydrogens is 248 g/mol. The van der Waals surface area contributed by atoms with Gasteiger partial charge in [-0.2, -0.15) is 0 Å². The fourth-order valence-corrected chi connectivity index (χ4v) is 3.80. The smallest absolute Gasteiger partial charge is 0.134 e. The third kappa shape index (κ3) is 2.60. The lowest BCUT2D eigenvalue weighted by Gasteiger charge is -2.38. The number of anilines is 2. The molecule has 4 heteroatoms. The summed E-state index contributed by atoms with van der Waals surface area (Å²) in [5.74, 6) is 3.98. The van der Waals surface area contributed by atoms with Crippen LogP contribution in [0.3, 0.4) is 0 Å². The van der Waals surface area contributed by atoms with E-state index in [1.54, 1.807) is 0 Å². The Kier molecular flexibility index (Phi) is 4.08. The van der Waals surface area contributed by atoms with Crippen LogP contribution in [-0.2, 0) is 6.42 Å². The predicted molar refractivity (Wildman–Crippen MR) is 83.3 cm³/mol. The Morgan fingerprint density at radius 2 is 2.05 bits per heavy atom. The van der Waals surface area contributed by atoms with Gasteiger partial charge in [0.05, 0.1) is 0 Å². The van der Waals surface area contributed by atoms with Gasteiger partial charge in [-0.25, -0.2) is 9.97 Å². The number of fused-ring (bicyclic) bond motifs is 1. The Balaban J connectivity index is 1.89. The summed E-state index contributed by atoms with van der Waals surface area (Å²) in [6.07, 6.45) is 7.75. The molecule has 4 nitrogen and oxygen atoms in total. The quantitative estimate of drug-likeness (QED) is 0.915. The zero-order chi connectivity index (χ0) is 13.9. The van der Waals surface area contributed by atoms with Crippen LogP contribution in [0, 0.1) is 5.92 Å². The molecule has 0 radical (unpaired) electrons. The third-order valence-electron chi connectivity index (χ3n) is 4.72. The summed E-state index contributed by atoms with van der Waals surface area (Å²) in [6, 6.07) is 2.86. The molecule has 2 heterocycles. The summed E-state index contributed by atoms with van der Waals surface area (Å²) in [5.41, 5.74) is 0. The molecule has 1 aliphatic carbocycles. The highest BCUT2D eigenvalue weighted by atomic mass is 15.2. The second kappa shape index (κ2) is 5.98. The Labute approximate surface area is 122 Å². The van der Waals surface area contributed by atoms with Gasteiger partial charge in [0.25, 0.3) is 0 Å². The number of aryl methyl sites for hydroxylation is 1. The van der Waals surface area contributed by atoms with Gasteiger partial charge in [0.2, 0.25) is 0 Å². The maximum atomic E-state index is 4.79. The van der Waals surface area contributed by atoms with Crippen LogP contribution < -0.4 is 10.2 Å². The van der Waals surface area contributed by atoms with E-state index in [4.69, 9.17) is 4.98 Å². The average Bonchev–Trinajstić information content (AvgIpc) is 2.95. The molecule has 110 valence electrons. The first-order chi connectivity index (χ1) is 9.81. The molecule has 1 aromatic rings. The van der Waals surface area contributed by atoms with Crippen molar-refractivity contribution in [2.24, 2.45) is 5.92 Å². The highest BCUT2D eigenvalue weighted by Crippen LogP contribution is 2.38. The van der Waals surface area contributed by atoms with Crippen molar-refractivity contribution in [1.29, 1.82) is 0 Å². The summed E-state index contributed by atoms with van der Waals surface area (Å²) < 4.78 is 0. The second-order valence-electron chi connectivity index (χ2n) is 6.01. The molecular formula is C16H26N4. The van der Waals surface area contributed by atoms with Crippen LogP contribution in [0.2, 0.25) is 0 Å². The van der Waals surface area contributed by atoms with Crippen LogP contribution in [0.5, 0.6) is 0 Å². The Hall–Kier alpha value is -1.32. The number of rotatable bonds is 4. The minimum absolute atomic E-state index is 0.720. The maximum Gasteiger partial charge on any atom is 0.134 e. The highest BCUT2D eigenvalue weighted by molar-refractivity contribution is 5.50. The topological polar surface area (TPSA) is 41.0 Å². The largest absolute Gasteiger partial charge is 0.370 e. The van der Waals surface area contributed by atoms with Crippen molar-refractivity contribution in [1.82, 2.24) is 9.97 Å². The van der Waals surface area contributed by atoms with Crippen molar-refractivity contribution < 1.29 is 0 Å². The summed E-state index contributed by atoms with van der Waals surface area (Å²) in [5, 5.41) is 3.34. The first kappa shape index (κ1) is 13.7.